The Morgan fingerprint density at radius 1 is 0.974 bits per heavy atom. The van der Waals surface area contributed by atoms with Gasteiger partial charge >= 0.3 is 5.97 Å². The molecular weight excluding hydrogens is 464 g/mol. The van der Waals surface area contributed by atoms with E-state index in [2.05, 4.69) is 66.7 Å². The summed E-state index contributed by atoms with van der Waals surface area (Å²) in [7, 11) is 0. The van der Waals surface area contributed by atoms with Crippen LogP contribution in [0.25, 0.3) is 0 Å². The molecule has 0 heterocycles. The fraction of sp³-hybridized carbons (Fsp3) is 0.861. The van der Waals surface area contributed by atoms with Gasteiger partial charge in [-0.3, -0.25) is 4.79 Å². The Kier molecular flexibility index (Phi) is 9.95. The van der Waals surface area contributed by atoms with Crippen molar-refractivity contribution in [2.45, 2.75) is 144 Å². The van der Waals surface area contributed by atoms with Gasteiger partial charge in [0.25, 0.3) is 0 Å². The fourth-order valence-electron chi connectivity index (χ4n) is 9.46. The average Bonchev–Trinajstić information content (AvgIpc) is 3.24. The van der Waals surface area contributed by atoms with E-state index in [4.69, 9.17) is 4.74 Å². The number of ether oxygens (including phenoxy) is 1. The highest BCUT2D eigenvalue weighted by atomic mass is 16.5. The minimum absolute atomic E-state index is 0.0424. The van der Waals surface area contributed by atoms with Crippen molar-refractivity contribution in [2.75, 3.05) is 0 Å². The summed E-state index contributed by atoms with van der Waals surface area (Å²) in [5, 5.41) is 0. The number of allylic oxidation sites excluding steroid dienone is 3. The number of rotatable bonds is 11. The fourth-order valence-corrected chi connectivity index (χ4v) is 9.46. The first kappa shape index (κ1) is 29.9. The Morgan fingerprint density at radius 3 is 2.47 bits per heavy atom. The summed E-state index contributed by atoms with van der Waals surface area (Å²) >= 11 is 0. The van der Waals surface area contributed by atoms with Crippen LogP contribution in [0, 0.1) is 52.3 Å². The van der Waals surface area contributed by atoms with Gasteiger partial charge in [-0.05, 0) is 104 Å². The molecule has 4 aliphatic rings. The van der Waals surface area contributed by atoms with E-state index in [0.717, 1.165) is 55.3 Å². The van der Waals surface area contributed by atoms with Crippen molar-refractivity contribution < 1.29 is 9.53 Å². The summed E-state index contributed by atoms with van der Waals surface area (Å²) in [5.74, 6) is 5.49. The second-order valence-electron chi connectivity index (χ2n) is 14.9. The van der Waals surface area contributed by atoms with Gasteiger partial charge in [0.05, 0.1) is 0 Å². The molecule has 4 aliphatic carbocycles. The molecule has 2 nitrogen and oxygen atoms in total. The Labute approximate surface area is 235 Å². The van der Waals surface area contributed by atoms with Crippen molar-refractivity contribution in [3.05, 3.63) is 23.8 Å². The van der Waals surface area contributed by atoms with Gasteiger partial charge in [0.2, 0.25) is 0 Å². The largest absolute Gasteiger partial charge is 0.462 e. The van der Waals surface area contributed by atoms with Crippen molar-refractivity contribution in [3.8, 4) is 0 Å². The van der Waals surface area contributed by atoms with Crippen LogP contribution in [0.15, 0.2) is 23.8 Å². The third-order valence-electron chi connectivity index (χ3n) is 12.3. The van der Waals surface area contributed by atoms with E-state index < -0.39 is 0 Å². The highest BCUT2D eigenvalue weighted by Crippen LogP contribution is 2.67. The van der Waals surface area contributed by atoms with Crippen LogP contribution in [0.5, 0.6) is 0 Å². The van der Waals surface area contributed by atoms with Gasteiger partial charge in [0.15, 0.2) is 0 Å². The predicted molar refractivity (Wildman–Crippen MR) is 161 cm³/mol. The molecule has 9 unspecified atom stereocenters. The third kappa shape index (κ3) is 6.15. The number of carbonyl (C=O) groups is 1. The van der Waals surface area contributed by atoms with E-state index in [1.54, 1.807) is 5.57 Å². The first-order valence-corrected chi connectivity index (χ1v) is 16.7. The van der Waals surface area contributed by atoms with E-state index in [1.165, 1.54) is 57.8 Å². The van der Waals surface area contributed by atoms with E-state index in [1.807, 2.05) is 0 Å². The van der Waals surface area contributed by atoms with Crippen LogP contribution in [0.2, 0.25) is 0 Å². The summed E-state index contributed by atoms with van der Waals surface area (Å²) < 4.78 is 6.02. The maximum Gasteiger partial charge on any atom is 0.306 e. The number of carbonyl (C=O) groups excluding carboxylic acids is 1. The summed E-state index contributed by atoms with van der Waals surface area (Å²) in [5.41, 5.74) is 2.45. The van der Waals surface area contributed by atoms with Crippen molar-refractivity contribution in [2.24, 2.45) is 52.3 Å². The number of unbranched alkanes of at least 4 members (excludes halogenated alkanes) is 4. The molecule has 3 fully saturated rings. The van der Waals surface area contributed by atoms with Crippen LogP contribution in [-0.4, -0.2) is 12.1 Å². The molecule has 0 aliphatic heterocycles. The molecular formula is C36H60O2. The van der Waals surface area contributed by atoms with Gasteiger partial charge in [0, 0.05) is 12.8 Å². The van der Waals surface area contributed by atoms with Gasteiger partial charge in [0.1, 0.15) is 6.10 Å². The standard InChI is InChI=1S/C36H60O2/c1-8-9-10-11-12-13-34(37)38-29-20-22-35(6)28(24-29)16-17-30-32-19-18-31(36(32,7)23-21-33(30)35)27(5)15-14-26(4)25(2)3/h14-16,25-27,29-33H,8-13,17-24H2,1-7H3/b15-14+. The van der Waals surface area contributed by atoms with Crippen molar-refractivity contribution >= 4 is 5.97 Å². The Hall–Kier alpha value is -1.05. The average molecular weight is 525 g/mol. The molecule has 38 heavy (non-hydrogen) atoms. The number of hydrogen-bond acceptors (Lipinski definition) is 2. The van der Waals surface area contributed by atoms with Crippen LogP contribution in [0.1, 0.15) is 138 Å². The lowest BCUT2D eigenvalue weighted by Crippen LogP contribution is -2.51. The highest BCUT2D eigenvalue weighted by molar-refractivity contribution is 5.69. The van der Waals surface area contributed by atoms with Gasteiger partial charge in [-0.1, -0.05) is 98.0 Å². The molecule has 0 radical (unpaired) electrons. The van der Waals surface area contributed by atoms with E-state index in [-0.39, 0.29) is 12.1 Å². The molecule has 9 atom stereocenters. The Morgan fingerprint density at radius 2 is 1.74 bits per heavy atom. The quantitative estimate of drug-likeness (QED) is 0.153. The minimum Gasteiger partial charge on any atom is -0.462 e. The lowest BCUT2D eigenvalue weighted by atomic mass is 9.47. The lowest BCUT2D eigenvalue weighted by Gasteiger charge is -2.58. The summed E-state index contributed by atoms with van der Waals surface area (Å²) in [6, 6.07) is 0. The molecule has 0 N–H and O–H groups in total. The van der Waals surface area contributed by atoms with Crippen LogP contribution in [0.4, 0.5) is 0 Å². The van der Waals surface area contributed by atoms with Crippen LogP contribution < -0.4 is 0 Å². The number of hydrogen-bond donors (Lipinski definition) is 0. The predicted octanol–water partition coefficient (Wildman–Crippen LogP) is 10.3. The SMILES string of the molecule is CCCCCCCC(=O)OC1CCC2(C)C(=CCC3C2CCC2(C)C(C(C)/C=C/C(C)C(C)C)CCC32)C1. The summed E-state index contributed by atoms with van der Waals surface area (Å²) in [6.45, 7) is 17.0. The molecule has 3 saturated carbocycles. The molecule has 0 amide bonds. The smallest absolute Gasteiger partial charge is 0.306 e. The molecule has 0 aromatic heterocycles. The minimum atomic E-state index is 0.0424. The Bertz CT molecular complexity index is 853. The molecule has 0 aromatic carbocycles. The lowest BCUT2D eigenvalue weighted by molar-refractivity contribution is -0.151. The zero-order valence-electron chi connectivity index (χ0n) is 26.1. The van der Waals surface area contributed by atoms with Crippen molar-refractivity contribution in [1.29, 1.82) is 0 Å². The van der Waals surface area contributed by atoms with Crippen molar-refractivity contribution in [3.63, 3.8) is 0 Å². The number of fused-ring (bicyclic) bond motifs is 5. The normalized spacial score (nSPS) is 38.3. The maximum atomic E-state index is 12.5. The molecule has 0 aromatic rings. The van der Waals surface area contributed by atoms with Gasteiger partial charge in [-0.2, -0.15) is 0 Å². The van der Waals surface area contributed by atoms with Crippen LogP contribution in [0.3, 0.4) is 0 Å². The van der Waals surface area contributed by atoms with E-state index in [0.29, 0.717) is 29.1 Å². The number of esters is 1. The third-order valence-corrected chi connectivity index (χ3v) is 12.3. The summed E-state index contributed by atoms with van der Waals surface area (Å²) in [4.78, 5) is 12.5. The monoisotopic (exact) mass is 524 g/mol. The maximum absolute atomic E-state index is 12.5. The topological polar surface area (TPSA) is 26.3 Å². The first-order chi connectivity index (χ1) is 18.1. The van der Waals surface area contributed by atoms with Crippen LogP contribution >= 0.6 is 0 Å². The molecule has 2 heteroatoms. The second-order valence-corrected chi connectivity index (χ2v) is 14.9. The molecule has 0 bridgehead atoms. The zero-order valence-corrected chi connectivity index (χ0v) is 26.1. The first-order valence-electron chi connectivity index (χ1n) is 16.7. The van der Waals surface area contributed by atoms with E-state index in [9.17, 15) is 4.79 Å². The molecule has 216 valence electrons. The van der Waals surface area contributed by atoms with Gasteiger partial charge < -0.3 is 4.74 Å². The van der Waals surface area contributed by atoms with E-state index >= 15 is 0 Å². The van der Waals surface area contributed by atoms with Gasteiger partial charge in [-0.25, -0.2) is 0 Å². The molecule has 0 saturated heterocycles. The van der Waals surface area contributed by atoms with Crippen molar-refractivity contribution in [1.82, 2.24) is 0 Å². The zero-order chi connectivity index (χ0) is 27.5. The Balaban J connectivity index is 1.37. The summed E-state index contributed by atoms with van der Waals surface area (Å²) in [6.07, 6.45) is 24.5. The van der Waals surface area contributed by atoms with Crippen LogP contribution in [-0.2, 0) is 9.53 Å². The van der Waals surface area contributed by atoms with Gasteiger partial charge in [-0.15, -0.1) is 0 Å². The second kappa shape index (κ2) is 12.6. The molecule has 4 rings (SSSR count). The molecule has 0 spiro atoms. The highest BCUT2D eigenvalue weighted by Gasteiger charge is 2.59.